The lowest BCUT2D eigenvalue weighted by Crippen LogP contribution is -2.63. The summed E-state index contributed by atoms with van der Waals surface area (Å²) in [5, 5.41) is 0. The first kappa shape index (κ1) is 16.4. The van der Waals surface area contributed by atoms with Gasteiger partial charge in [-0.3, -0.25) is 9.69 Å². The largest absolute Gasteiger partial charge is 0.459 e. The van der Waals surface area contributed by atoms with E-state index in [0.717, 1.165) is 45.7 Å². The Morgan fingerprint density at radius 1 is 1.04 bits per heavy atom. The van der Waals surface area contributed by atoms with Crippen molar-refractivity contribution in [3.05, 3.63) is 60.1 Å². The highest BCUT2D eigenvalue weighted by molar-refractivity contribution is 5.92. The second-order valence-electron chi connectivity index (χ2n) is 6.84. The number of rotatable bonds is 5. The number of likely N-dealkylation sites (tertiary alicyclic amines) is 1. The summed E-state index contributed by atoms with van der Waals surface area (Å²) in [5.74, 6) is 0.423. The lowest BCUT2D eigenvalue weighted by atomic mass is 9.98. The standard InChI is InChI=1S/C20H24N2O3/c23-20(19-7-4-10-25-19)21-14-18(15-21)22(17-8-11-24-12-9-17)13-16-5-2-1-3-6-16/h1-7,10,17-18H,8-9,11-15H2. The van der Waals surface area contributed by atoms with Gasteiger partial charge in [0.1, 0.15) is 0 Å². The number of furan rings is 1. The van der Waals surface area contributed by atoms with E-state index in [1.54, 1.807) is 18.4 Å². The summed E-state index contributed by atoms with van der Waals surface area (Å²) in [6.07, 6.45) is 3.68. The van der Waals surface area contributed by atoms with Gasteiger partial charge in [0.25, 0.3) is 5.91 Å². The number of hydrogen-bond acceptors (Lipinski definition) is 4. The second kappa shape index (κ2) is 7.42. The zero-order chi connectivity index (χ0) is 17.1. The number of carbonyl (C=O) groups is 1. The van der Waals surface area contributed by atoms with Crippen LogP contribution in [0.4, 0.5) is 0 Å². The molecular weight excluding hydrogens is 316 g/mol. The van der Waals surface area contributed by atoms with Crippen LogP contribution in [0.3, 0.4) is 0 Å². The highest BCUT2D eigenvalue weighted by Gasteiger charge is 2.39. The Bertz CT molecular complexity index is 674. The third kappa shape index (κ3) is 3.62. The van der Waals surface area contributed by atoms with Crippen LogP contribution in [0.15, 0.2) is 53.1 Å². The molecule has 0 bridgehead atoms. The van der Waals surface area contributed by atoms with E-state index in [1.807, 2.05) is 4.90 Å². The summed E-state index contributed by atoms with van der Waals surface area (Å²) in [5.41, 5.74) is 1.32. The molecule has 4 rings (SSSR count). The van der Waals surface area contributed by atoms with E-state index in [9.17, 15) is 4.79 Å². The van der Waals surface area contributed by atoms with Gasteiger partial charge in [-0.15, -0.1) is 0 Å². The first-order chi connectivity index (χ1) is 12.3. The monoisotopic (exact) mass is 340 g/mol. The summed E-state index contributed by atoms with van der Waals surface area (Å²) < 4.78 is 10.8. The van der Waals surface area contributed by atoms with Crippen LogP contribution < -0.4 is 0 Å². The molecule has 0 N–H and O–H groups in total. The number of hydrogen-bond donors (Lipinski definition) is 0. The lowest BCUT2D eigenvalue weighted by Gasteiger charge is -2.48. The van der Waals surface area contributed by atoms with Gasteiger partial charge in [-0.25, -0.2) is 0 Å². The summed E-state index contributed by atoms with van der Waals surface area (Å²) in [6, 6.07) is 15.0. The zero-order valence-electron chi connectivity index (χ0n) is 14.3. The van der Waals surface area contributed by atoms with Gasteiger partial charge in [0, 0.05) is 44.9 Å². The molecule has 3 heterocycles. The van der Waals surface area contributed by atoms with Gasteiger partial charge >= 0.3 is 0 Å². The van der Waals surface area contributed by atoms with Gasteiger partial charge in [0.15, 0.2) is 5.76 Å². The predicted octanol–water partition coefficient (Wildman–Crippen LogP) is 2.79. The molecule has 0 saturated carbocycles. The van der Waals surface area contributed by atoms with Crippen molar-refractivity contribution < 1.29 is 13.9 Å². The topological polar surface area (TPSA) is 45.9 Å². The van der Waals surface area contributed by atoms with Crippen LogP contribution in [-0.2, 0) is 11.3 Å². The van der Waals surface area contributed by atoms with Gasteiger partial charge in [-0.05, 0) is 30.5 Å². The van der Waals surface area contributed by atoms with E-state index in [0.29, 0.717) is 17.8 Å². The van der Waals surface area contributed by atoms with Crippen molar-refractivity contribution in [2.45, 2.75) is 31.5 Å². The maximum Gasteiger partial charge on any atom is 0.289 e. The Labute approximate surface area is 148 Å². The molecule has 2 aliphatic rings. The zero-order valence-corrected chi connectivity index (χ0v) is 14.3. The molecule has 2 saturated heterocycles. The second-order valence-corrected chi connectivity index (χ2v) is 6.84. The number of benzene rings is 1. The Balaban J connectivity index is 1.43. The third-order valence-corrected chi connectivity index (χ3v) is 5.22. The van der Waals surface area contributed by atoms with Crippen molar-refractivity contribution in [3.63, 3.8) is 0 Å². The predicted molar refractivity (Wildman–Crippen MR) is 94.2 cm³/mol. The van der Waals surface area contributed by atoms with Crippen LogP contribution in [-0.4, -0.2) is 54.1 Å². The quantitative estimate of drug-likeness (QED) is 0.840. The molecular formula is C20H24N2O3. The molecule has 0 unspecified atom stereocenters. The maximum absolute atomic E-state index is 12.4. The van der Waals surface area contributed by atoms with Crippen molar-refractivity contribution in [1.82, 2.24) is 9.80 Å². The van der Waals surface area contributed by atoms with Crippen molar-refractivity contribution >= 4 is 5.91 Å². The summed E-state index contributed by atoms with van der Waals surface area (Å²) >= 11 is 0. The molecule has 5 nitrogen and oxygen atoms in total. The van der Waals surface area contributed by atoms with Crippen LogP contribution in [0.5, 0.6) is 0 Å². The average molecular weight is 340 g/mol. The Morgan fingerprint density at radius 3 is 2.48 bits per heavy atom. The van der Waals surface area contributed by atoms with Crippen LogP contribution in [0.1, 0.15) is 29.0 Å². The van der Waals surface area contributed by atoms with E-state index in [4.69, 9.17) is 9.15 Å². The molecule has 132 valence electrons. The summed E-state index contributed by atoms with van der Waals surface area (Å²) in [7, 11) is 0. The van der Waals surface area contributed by atoms with Gasteiger partial charge in [-0.1, -0.05) is 30.3 Å². The lowest BCUT2D eigenvalue weighted by molar-refractivity contribution is -0.0296. The number of nitrogens with zero attached hydrogens (tertiary/aromatic N) is 2. The molecule has 0 radical (unpaired) electrons. The van der Waals surface area contributed by atoms with Gasteiger partial charge in [0.05, 0.1) is 6.26 Å². The molecule has 1 amide bonds. The normalized spacial score (nSPS) is 19.2. The molecule has 2 aliphatic heterocycles. The molecule has 5 heteroatoms. The van der Waals surface area contributed by atoms with Crippen LogP contribution >= 0.6 is 0 Å². The molecule has 2 aromatic rings. The van der Waals surface area contributed by atoms with E-state index in [-0.39, 0.29) is 5.91 Å². The van der Waals surface area contributed by atoms with Gasteiger partial charge < -0.3 is 14.1 Å². The third-order valence-electron chi connectivity index (χ3n) is 5.22. The fourth-order valence-corrected chi connectivity index (χ4v) is 3.75. The maximum atomic E-state index is 12.4. The minimum Gasteiger partial charge on any atom is -0.459 e. The van der Waals surface area contributed by atoms with Crippen LogP contribution in [0, 0.1) is 0 Å². The smallest absolute Gasteiger partial charge is 0.289 e. The van der Waals surface area contributed by atoms with Crippen molar-refractivity contribution in [2.24, 2.45) is 0 Å². The van der Waals surface area contributed by atoms with E-state index < -0.39 is 0 Å². The Hall–Kier alpha value is -2.11. The van der Waals surface area contributed by atoms with Crippen molar-refractivity contribution in [3.8, 4) is 0 Å². The summed E-state index contributed by atoms with van der Waals surface area (Å²) in [4.78, 5) is 16.8. The van der Waals surface area contributed by atoms with Crippen molar-refractivity contribution in [1.29, 1.82) is 0 Å². The molecule has 0 spiro atoms. The van der Waals surface area contributed by atoms with E-state index in [1.165, 1.54) is 5.56 Å². The number of ether oxygens (including phenoxy) is 1. The molecule has 0 atom stereocenters. The fraction of sp³-hybridized carbons (Fsp3) is 0.450. The Kier molecular flexibility index (Phi) is 4.85. The van der Waals surface area contributed by atoms with Gasteiger partial charge in [0.2, 0.25) is 0 Å². The number of amides is 1. The molecule has 25 heavy (non-hydrogen) atoms. The van der Waals surface area contributed by atoms with E-state index >= 15 is 0 Å². The van der Waals surface area contributed by atoms with Crippen LogP contribution in [0.25, 0.3) is 0 Å². The first-order valence-corrected chi connectivity index (χ1v) is 9.01. The van der Waals surface area contributed by atoms with Crippen molar-refractivity contribution in [2.75, 3.05) is 26.3 Å². The molecule has 2 fully saturated rings. The van der Waals surface area contributed by atoms with Crippen LogP contribution in [0.2, 0.25) is 0 Å². The highest BCUT2D eigenvalue weighted by Crippen LogP contribution is 2.26. The van der Waals surface area contributed by atoms with Gasteiger partial charge in [-0.2, -0.15) is 0 Å². The first-order valence-electron chi connectivity index (χ1n) is 9.01. The minimum atomic E-state index is -0.00658. The average Bonchev–Trinajstić information content (AvgIpc) is 3.16. The molecule has 0 aliphatic carbocycles. The highest BCUT2D eigenvalue weighted by atomic mass is 16.5. The fourth-order valence-electron chi connectivity index (χ4n) is 3.75. The summed E-state index contributed by atoms with van der Waals surface area (Å²) in [6.45, 7) is 4.13. The minimum absolute atomic E-state index is 0.00658. The SMILES string of the molecule is O=C(c1ccco1)N1CC(N(Cc2ccccc2)C2CCOCC2)C1. The van der Waals surface area contributed by atoms with E-state index in [2.05, 4.69) is 35.2 Å². The number of carbonyl (C=O) groups excluding carboxylic acids is 1. The Morgan fingerprint density at radius 2 is 1.80 bits per heavy atom. The molecule has 1 aromatic heterocycles. The molecule has 1 aromatic carbocycles.